The third-order valence-electron chi connectivity index (χ3n) is 2.85. The number of rotatable bonds is 5. The number of nitrogens with one attached hydrogen (secondary N) is 2. The zero-order valence-corrected chi connectivity index (χ0v) is 10.2. The minimum absolute atomic E-state index is 0.0969. The van der Waals surface area contributed by atoms with Gasteiger partial charge in [0.15, 0.2) is 11.5 Å². The number of nitrogens with zero attached hydrogens (tertiary/aromatic N) is 1. The van der Waals surface area contributed by atoms with Gasteiger partial charge in [-0.1, -0.05) is 13.0 Å². The van der Waals surface area contributed by atoms with Crippen molar-refractivity contribution in [1.29, 1.82) is 0 Å². The maximum Gasteiger partial charge on any atom is 0.157 e. The van der Waals surface area contributed by atoms with Crippen LogP contribution in [0.4, 0.5) is 0 Å². The largest absolute Gasteiger partial charge is 0.504 e. The monoisotopic (exact) mass is 247 g/mol. The lowest BCUT2D eigenvalue weighted by molar-refractivity contribution is 0.402. The fraction of sp³-hybridized carbons (Fsp3) is 0.308. The first-order valence-electron chi connectivity index (χ1n) is 5.94. The standard InChI is InChI=1S/C13H17N3O2/c1-2-10(13-14-5-6-15-13)16-8-9-3-4-11(17)12(18)7-9/h3-7,10,16-18H,2,8H2,1H3,(H,14,15). The van der Waals surface area contributed by atoms with Crippen LogP contribution in [0.3, 0.4) is 0 Å². The number of aromatic amines is 1. The van der Waals surface area contributed by atoms with E-state index in [1.165, 1.54) is 6.07 Å². The molecule has 1 atom stereocenters. The van der Waals surface area contributed by atoms with Gasteiger partial charge in [0.05, 0.1) is 6.04 Å². The molecule has 1 aromatic carbocycles. The SMILES string of the molecule is CCC(NCc1ccc(O)c(O)c1)c1ncc[nH]1. The Hall–Kier alpha value is -2.01. The molecule has 96 valence electrons. The minimum Gasteiger partial charge on any atom is -0.504 e. The predicted octanol–water partition coefficient (Wildman–Crippen LogP) is 2.06. The lowest BCUT2D eigenvalue weighted by Gasteiger charge is -2.14. The number of aromatic hydroxyl groups is 2. The maximum absolute atomic E-state index is 9.41. The summed E-state index contributed by atoms with van der Waals surface area (Å²) in [6.07, 6.45) is 4.44. The summed E-state index contributed by atoms with van der Waals surface area (Å²) in [7, 11) is 0. The van der Waals surface area contributed by atoms with Gasteiger partial charge in [0.25, 0.3) is 0 Å². The average molecular weight is 247 g/mol. The van der Waals surface area contributed by atoms with E-state index in [0.29, 0.717) is 6.54 Å². The molecule has 0 saturated heterocycles. The van der Waals surface area contributed by atoms with Crippen molar-refractivity contribution in [1.82, 2.24) is 15.3 Å². The highest BCUT2D eigenvalue weighted by Crippen LogP contribution is 2.25. The number of benzene rings is 1. The molecule has 0 aliphatic rings. The van der Waals surface area contributed by atoms with Gasteiger partial charge >= 0.3 is 0 Å². The van der Waals surface area contributed by atoms with E-state index < -0.39 is 0 Å². The second kappa shape index (κ2) is 5.55. The lowest BCUT2D eigenvalue weighted by Crippen LogP contribution is -2.21. The second-order valence-corrected chi connectivity index (χ2v) is 4.14. The smallest absolute Gasteiger partial charge is 0.157 e. The molecule has 0 amide bonds. The van der Waals surface area contributed by atoms with Gasteiger partial charge < -0.3 is 20.5 Å². The molecular weight excluding hydrogens is 230 g/mol. The van der Waals surface area contributed by atoms with E-state index in [-0.39, 0.29) is 17.5 Å². The Morgan fingerprint density at radius 3 is 2.78 bits per heavy atom. The Morgan fingerprint density at radius 2 is 2.17 bits per heavy atom. The highest BCUT2D eigenvalue weighted by molar-refractivity contribution is 5.40. The zero-order chi connectivity index (χ0) is 13.0. The first-order valence-corrected chi connectivity index (χ1v) is 5.94. The van der Waals surface area contributed by atoms with E-state index >= 15 is 0 Å². The van der Waals surface area contributed by atoms with Crippen LogP contribution in [0.2, 0.25) is 0 Å². The molecule has 5 nitrogen and oxygen atoms in total. The third-order valence-corrected chi connectivity index (χ3v) is 2.85. The van der Waals surface area contributed by atoms with E-state index in [4.69, 9.17) is 0 Å². The number of hydrogen-bond donors (Lipinski definition) is 4. The molecule has 0 saturated carbocycles. The fourth-order valence-electron chi connectivity index (χ4n) is 1.82. The van der Waals surface area contributed by atoms with Crippen LogP contribution < -0.4 is 5.32 Å². The van der Waals surface area contributed by atoms with Gasteiger partial charge in [-0.2, -0.15) is 0 Å². The third kappa shape index (κ3) is 2.81. The summed E-state index contributed by atoms with van der Waals surface area (Å²) in [4.78, 5) is 7.31. The van der Waals surface area contributed by atoms with Gasteiger partial charge in [0, 0.05) is 18.9 Å². The molecule has 0 radical (unpaired) electrons. The van der Waals surface area contributed by atoms with Crippen LogP contribution in [0, 0.1) is 0 Å². The summed E-state index contributed by atoms with van der Waals surface area (Å²) in [5.41, 5.74) is 0.912. The number of H-pyrrole nitrogens is 1. The molecule has 4 N–H and O–H groups in total. The highest BCUT2D eigenvalue weighted by atomic mass is 16.3. The first-order chi connectivity index (χ1) is 8.70. The van der Waals surface area contributed by atoms with E-state index in [9.17, 15) is 10.2 Å². The van der Waals surface area contributed by atoms with Crippen molar-refractivity contribution in [2.75, 3.05) is 0 Å². The Labute approximate surface area is 106 Å². The van der Waals surface area contributed by atoms with Gasteiger partial charge in [-0.3, -0.25) is 0 Å². The number of imidazole rings is 1. The van der Waals surface area contributed by atoms with Crippen molar-refractivity contribution >= 4 is 0 Å². The maximum atomic E-state index is 9.41. The Balaban J connectivity index is 1.99. The molecule has 1 aromatic heterocycles. The van der Waals surface area contributed by atoms with Crippen LogP contribution in [-0.4, -0.2) is 20.2 Å². The Bertz CT molecular complexity index is 497. The molecule has 0 aliphatic carbocycles. The Kier molecular flexibility index (Phi) is 3.84. The summed E-state index contributed by atoms with van der Waals surface area (Å²) in [5.74, 6) is 0.706. The molecule has 2 rings (SSSR count). The predicted molar refractivity (Wildman–Crippen MR) is 68.2 cm³/mol. The number of hydrogen-bond acceptors (Lipinski definition) is 4. The lowest BCUT2D eigenvalue weighted by atomic mass is 10.1. The molecular formula is C13H17N3O2. The summed E-state index contributed by atoms with van der Waals surface area (Å²) in [6.45, 7) is 2.68. The number of phenols is 2. The molecule has 5 heteroatoms. The number of aromatic nitrogens is 2. The van der Waals surface area contributed by atoms with Crippen LogP contribution in [0.15, 0.2) is 30.6 Å². The van der Waals surface area contributed by atoms with Gasteiger partial charge in [-0.15, -0.1) is 0 Å². The van der Waals surface area contributed by atoms with Crippen LogP contribution in [0.1, 0.15) is 30.8 Å². The van der Waals surface area contributed by atoms with Crippen molar-refractivity contribution in [3.8, 4) is 11.5 Å². The van der Waals surface area contributed by atoms with E-state index in [1.54, 1.807) is 24.5 Å². The molecule has 18 heavy (non-hydrogen) atoms. The minimum atomic E-state index is -0.100. The molecule has 2 aromatic rings. The van der Waals surface area contributed by atoms with Gasteiger partial charge in [-0.25, -0.2) is 4.98 Å². The first kappa shape index (κ1) is 12.4. The summed E-state index contributed by atoms with van der Waals surface area (Å²) >= 11 is 0. The van der Waals surface area contributed by atoms with Gasteiger partial charge in [-0.05, 0) is 24.1 Å². The average Bonchev–Trinajstić information content (AvgIpc) is 2.88. The zero-order valence-electron chi connectivity index (χ0n) is 10.2. The van der Waals surface area contributed by atoms with E-state index in [1.807, 2.05) is 0 Å². The molecule has 1 heterocycles. The van der Waals surface area contributed by atoms with Crippen LogP contribution in [-0.2, 0) is 6.54 Å². The van der Waals surface area contributed by atoms with Crippen molar-refractivity contribution in [2.45, 2.75) is 25.9 Å². The van der Waals surface area contributed by atoms with Crippen molar-refractivity contribution in [3.63, 3.8) is 0 Å². The Morgan fingerprint density at radius 1 is 1.33 bits per heavy atom. The van der Waals surface area contributed by atoms with Gasteiger partial charge in [0.1, 0.15) is 5.82 Å². The van der Waals surface area contributed by atoms with Crippen molar-refractivity contribution < 1.29 is 10.2 Å². The van der Waals surface area contributed by atoms with Crippen molar-refractivity contribution in [3.05, 3.63) is 42.0 Å². The van der Waals surface area contributed by atoms with Crippen LogP contribution >= 0.6 is 0 Å². The molecule has 0 bridgehead atoms. The number of phenolic OH excluding ortho intramolecular Hbond substituents is 2. The van der Waals surface area contributed by atoms with Crippen molar-refractivity contribution in [2.24, 2.45) is 0 Å². The van der Waals surface area contributed by atoms with Crippen LogP contribution in [0.5, 0.6) is 11.5 Å². The van der Waals surface area contributed by atoms with Gasteiger partial charge in [0.2, 0.25) is 0 Å². The normalized spacial score (nSPS) is 12.5. The molecule has 0 fully saturated rings. The summed E-state index contributed by atoms with van der Waals surface area (Å²) in [5, 5.41) is 22.0. The quantitative estimate of drug-likeness (QED) is 0.610. The van der Waals surface area contributed by atoms with E-state index in [0.717, 1.165) is 17.8 Å². The molecule has 1 unspecified atom stereocenters. The topological polar surface area (TPSA) is 81.2 Å². The molecule has 0 aliphatic heterocycles. The van der Waals surface area contributed by atoms with E-state index in [2.05, 4.69) is 22.2 Å². The highest BCUT2D eigenvalue weighted by Gasteiger charge is 2.11. The molecule has 0 spiro atoms. The van der Waals surface area contributed by atoms with Crippen LogP contribution in [0.25, 0.3) is 0 Å². The summed E-state index contributed by atoms with van der Waals surface area (Å²) in [6, 6.07) is 4.96. The second-order valence-electron chi connectivity index (χ2n) is 4.14. The fourth-order valence-corrected chi connectivity index (χ4v) is 1.82. The summed E-state index contributed by atoms with van der Waals surface area (Å²) < 4.78 is 0.